The molecule has 7 heteroatoms. The van der Waals surface area contributed by atoms with Crippen molar-refractivity contribution in [3.63, 3.8) is 0 Å². The molecule has 156 valence electrons. The molecule has 0 atom stereocenters. The molecule has 0 unspecified atom stereocenters. The highest BCUT2D eigenvalue weighted by molar-refractivity contribution is 5.92. The van der Waals surface area contributed by atoms with Crippen LogP contribution in [-0.2, 0) is 9.53 Å². The summed E-state index contributed by atoms with van der Waals surface area (Å²) in [6, 6.07) is 14.7. The quantitative estimate of drug-likeness (QED) is 0.567. The largest absolute Gasteiger partial charge is 0.461 e. The van der Waals surface area contributed by atoms with Crippen LogP contribution in [0.15, 0.2) is 54.6 Å². The number of hydrogen-bond donors (Lipinski definition) is 1. The van der Waals surface area contributed by atoms with E-state index in [1.54, 1.807) is 35.9 Å². The van der Waals surface area contributed by atoms with E-state index in [1.165, 1.54) is 12.1 Å². The summed E-state index contributed by atoms with van der Waals surface area (Å²) in [5.74, 6) is -0.726. The van der Waals surface area contributed by atoms with Crippen LogP contribution < -0.4 is 5.32 Å². The Morgan fingerprint density at radius 1 is 1.13 bits per heavy atom. The smallest absolute Gasteiger partial charge is 0.358 e. The van der Waals surface area contributed by atoms with Crippen LogP contribution in [0.1, 0.15) is 37.7 Å². The number of esters is 1. The monoisotopic (exact) mass is 409 g/mol. The standard InChI is InChI=1S/C23H24FN3O3/c1-4-30-23(29)20-14-21(27(26-20)19-10-8-17(24)9-11-19)16-6-5-7-18(13-16)25-22(28)12-15(2)3/h5-11,13-15H,4,12H2,1-3H3,(H,25,28). The van der Waals surface area contributed by atoms with Crippen LogP contribution in [-0.4, -0.2) is 28.3 Å². The molecule has 0 saturated carbocycles. The van der Waals surface area contributed by atoms with Crippen molar-refractivity contribution in [1.82, 2.24) is 9.78 Å². The van der Waals surface area contributed by atoms with Crippen LogP contribution in [0, 0.1) is 11.7 Å². The van der Waals surface area contributed by atoms with Gasteiger partial charge in [0.1, 0.15) is 5.82 Å². The van der Waals surface area contributed by atoms with Crippen molar-refractivity contribution in [3.8, 4) is 16.9 Å². The minimum absolute atomic E-state index is 0.0681. The predicted octanol–water partition coefficient (Wildman–Crippen LogP) is 4.84. The van der Waals surface area contributed by atoms with Crippen molar-refractivity contribution in [2.45, 2.75) is 27.2 Å². The third kappa shape index (κ3) is 5.11. The number of anilines is 1. The zero-order valence-electron chi connectivity index (χ0n) is 17.2. The molecule has 0 aliphatic heterocycles. The normalized spacial score (nSPS) is 10.8. The summed E-state index contributed by atoms with van der Waals surface area (Å²) in [6.07, 6.45) is 0.421. The van der Waals surface area contributed by atoms with E-state index in [2.05, 4.69) is 10.4 Å². The summed E-state index contributed by atoms with van der Waals surface area (Å²) < 4.78 is 20.0. The maximum Gasteiger partial charge on any atom is 0.358 e. The lowest BCUT2D eigenvalue weighted by Gasteiger charge is -2.11. The molecule has 1 N–H and O–H groups in total. The Balaban J connectivity index is 2.01. The number of carbonyl (C=O) groups is 2. The van der Waals surface area contributed by atoms with Crippen LogP contribution in [0.4, 0.5) is 10.1 Å². The molecule has 2 aromatic carbocycles. The average Bonchev–Trinajstić information content (AvgIpc) is 3.14. The molecular formula is C23H24FN3O3. The first-order chi connectivity index (χ1) is 14.4. The minimum Gasteiger partial charge on any atom is -0.461 e. The van der Waals surface area contributed by atoms with Gasteiger partial charge >= 0.3 is 5.97 Å². The van der Waals surface area contributed by atoms with Gasteiger partial charge in [-0.3, -0.25) is 4.79 Å². The summed E-state index contributed by atoms with van der Waals surface area (Å²) in [5.41, 5.74) is 2.73. The highest BCUT2D eigenvalue weighted by Gasteiger charge is 2.18. The molecule has 1 heterocycles. The van der Waals surface area contributed by atoms with Gasteiger partial charge in [0.05, 0.1) is 18.0 Å². The number of benzene rings is 2. The van der Waals surface area contributed by atoms with Crippen LogP contribution in [0.2, 0.25) is 0 Å². The first kappa shape index (κ1) is 21.2. The Morgan fingerprint density at radius 2 is 1.87 bits per heavy atom. The van der Waals surface area contributed by atoms with Crippen molar-refractivity contribution < 1.29 is 18.7 Å². The molecule has 0 saturated heterocycles. The molecule has 3 aromatic rings. The van der Waals surface area contributed by atoms with Crippen LogP contribution >= 0.6 is 0 Å². The van der Waals surface area contributed by atoms with Crippen LogP contribution in [0.5, 0.6) is 0 Å². The molecule has 1 amide bonds. The first-order valence-electron chi connectivity index (χ1n) is 9.80. The van der Waals surface area contributed by atoms with Gasteiger partial charge in [0.15, 0.2) is 5.69 Å². The van der Waals surface area contributed by atoms with Gasteiger partial charge in [-0.25, -0.2) is 13.9 Å². The number of rotatable bonds is 7. The molecule has 0 spiro atoms. The zero-order valence-corrected chi connectivity index (χ0v) is 17.2. The third-order valence-electron chi connectivity index (χ3n) is 4.30. The molecule has 0 fully saturated rings. The Kier molecular flexibility index (Phi) is 6.61. The Bertz CT molecular complexity index is 1040. The van der Waals surface area contributed by atoms with Crippen LogP contribution in [0.3, 0.4) is 0 Å². The number of halogens is 1. The van der Waals surface area contributed by atoms with Crippen molar-refractivity contribution in [2.24, 2.45) is 5.92 Å². The first-order valence-corrected chi connectivity index (χ1v) is 9.80. The Morgan fingerprint density at radius 3 is 2.53 bits per heavy atom. The van der Waals surface area contributed by atoms with Gasteiger partial charge < -0.3 is 10.1 Å². The lowest BCUT2D eigenvalue weighted by atomic mass is 10.1. The number of nitrogens with zero attached hydrogens (tertiary/aromatic N) is 2. The summed E-state index contributed by atoms with van der Waals surface area (Å²) in [7, 11) is 0. The number of carbonyl (C=O) groups excluding carboxylic acids is 2. The number of amides is 1. The predicted molar refractivity (Wildman–Crippen MR) is 113 cm³/mol. The maximum absolute atomic E-state index is 13.4. The lowest BCUT2D eigenvalue weighted by Crippen LogP contribution is -2.13. The highest BCUT2D eigenvalue weighted by Crippen LogP contribution is 2.27. The van der Waals surface area contributed by atoms with E-state index in [0.29, 0.717) is 23.5 Å². The highest BCUT2D eigenvalue weighted by atomic mass is 19.1. The molecule has 0 bridgehead atoms. The van der Waals surface area contributed by atoms with E-state index >= 15 is 0 Å². The summed E-state index contributed by atoms with van der Waals surface area (Å²) >= 11 is 0. The molecule has 0 aliphatic rings. The molecule has 0 aliphatic carbocycles. The zero-order chi connectivity index (χ0) is 21.7. The van der Waals surface area contributed by atoms with Gasteiger partial charge in [-0.15, -0.1) is 0 Å². The lowest BCUT2D eigenvalue weighted by molar-refractivity contribution is -0.116. The van der Waals surface area contributed by atoms with Crippen molar-refractivity contribution in [2.75, 3.05) is 11.9 Å². The van der Waals surface area contributed by atoms with Gasteiger partial charge in [0, 0.05) is 17.7 Å². The van der Waals surface area contributed by atoms with Crippen molar-refractivity contribution >= 4 is 17.6 Å². The molecule has 30 heavy (non-hydrogen) atoms. The van der Waals surface area contributed by atoms with E-state index in [0.717, 1.165) is 5.56 Å². The van der Waals surface area contributed by atoms with E-state index in [-0.39, 0.29) is 29.9 Å². The van der Waals surface area contributed by atoms with Crippen molar-refractivity contribution in [1.29, 1.82) is 0 Å². The summed E-state index contributed by atoms with van der Waals surface area (Å²) in [6.45, 7) is 5.91. The van der Waals surface area contributed by atoms with Gasteiger partial charge in [-0.05, 0) is 55.3 Å². The second-order valence-electron chi connectivity index (χ2n) is 7.25. The fourth-order valence-corrected chi connectivity index (χ4v) is 3.01. The average molecular weight is 409 g/mol. The molecule has 0 radical (unpaired) electrons. The second kappa shape index (κ2) is 9.35. The SMILES string of the molecule is CCOC(=O)c1cc(-c2cccc(NC(=O)CC(C)C)c2)n(-c2ccc(F)cc2)n1. The molecule has 1 aromatic heterocycles. The summed E-state index contributed by atoms with van der Waals surface area (Å²) in [5, 5.41) is 7.26. The molecule has 6 nitrogen and oxygen atoms in total. The summed E-state index contributed by atoms with van der Waals surface area (Å²) in [4.78, 5) is 24.4. The minimum atomic E-state index is -0.541. The van der Waals surface area contributed by atoms with E-state index in [4.69, 9.17) is 4.74 Å². The number of hydrogen-bond acceptors (Lipinski definition) is 4. The fraction of sp³-hybridized carbons (Fsp3) is 0.261. The topological polar surface area (TPSA) is 73.2 Å². The number of ether oxygens (including phenoxy) is 1. The maximum atomic E-state index is 13.4. The third-order valence-corrected chi connectivity index (χ3v) is 4.30. The Hall–Kier alpha value is -3.48. The van der Waals surface area contributed by atoms with E-state index in [9.17, 15) is 14.0 Å². The molecule has 3 rings (SSSR count). The van der Waals surface area contributed by atoms with Crippen LogP contribution in [0.25, 0.3) is 16.9 Å². The van der Waals surface area contributed by atoms with Crippen molar-refractivity contribution in [3.05, 3.63) is 66.1 Å². The second-order valence-corrected chi connectivity index (χ2v) is 7.25. The molecular weight excluding hydrogens is 385 g/mol. The van der Waals surface area contributed by atoms with E-state index in [1.807, 2.05) is 32.0 Å². The van der Waals surface area contributed by atoms with Gasteiger partial charge in [-0.2, -0.15) is 5.10 Å². The van der Waals surface area contributed by atoms with Gasteiger partial charge in [0.2, 0.25) is 5.91 Å². The van der Waals surface area contributed by atoms with E-state index < -0.39 is 5.97 Å². The van der Waals surface area contributed by atoms with Gasteiger partial charge in [-0.1, -0.05) is 26.0 Å². The van der Waals surface area contributed by atoms with Gasteiger partial charge in [0.25, 0.3) is 0 Å². The Labute approximate surface area is 174 Å². The number of aromatic nitrogens is 2. The fourth-order valence-electron chi connectivity index (χ4n) is 3.01. The number of nitrogens with one attached hydrogen (secondary N) is 1.